The quantitative estimate of drug-likeness (QED) is 0.497. The molecule has 0 aromatic rings. The first-order valence-electron chi connectivity index (χ1n) is 0.400. The molecule has 0 spiro atoms. The van der Waals surface area contributed by atoms with Crippen molar-refractivity contribution in [2.24, 2.45) is 0 Å². The van der Waals surface area contributed by atoms with Crippen LogP contribution in [0.15, 0.2) is 0 Å². The second-order valence-electron chi connectivity index (χ2n) is 0.0791. The Kier molecular flexibility index (Phi) is 114. The Morgan fingerprint density at radius 3 is 1.50 bits per heavy atom. The van der Waals surface area contributed by atoms with E-state index in [1.54, 1.807) is 0 Å². The summed E-state index contributed by atoms with van der Waals surface area (Å²) in [5.41, 5.74) is 0. The number of rotatable bonds is 0. The van der Waals surface area contributed by atoms with Gasteiger partial charge in [-0.05, 0) is 0 Å². The van der Waals surface area contributed by atoms with Crippen molar-refractivity contribution >= 4 is 29.6 Å². The van der Waals surface area contributed by atoms with E-state index in [1.807, 2.05) is 0 Å². The zero-order chi connectivity index (χ0) is 2.71. The maximum absolute atomic E-state index is 7.21. The van der Waals surface area contributed by atoms with Crippen LogP contribution in [0.2, 0.25) is 0 Å². The number of hydrogen-bond acceptors (Lipinski definition) is 1. The zero-order valence-electron chi connectivity index (χ0n) is 1.99. The van der Waals surface area contributed by atoms with Crippen LogP contribution in [0.3, 0.4) is 0 Å². The molecule has 0 saturated heterocycles. The summed E-state index contributed by atoms with van der Waals surface area (Å²) < 4.78 is 0. The second-order valence-corrected chi connectivity index (χ2v) is 0.326. The van der Waals surface area contributed by atoms with Gasteiger partial charge in [0, 0.05) is 33.6 Å². The van der Waals surface area contributed by atoms with Crippen LogP contribution in [0.25, 0.3) is 0 Å². The van der Waals surface area contributed by atoms with Crippen LogP contribution in [0, 0.1) is 10.2 Å². The van der Waals surface area contributed by atoms with E-state index in [0.29, 0.717) is 0 Å². The van der Waals surface area contributed by atoms with E-state index in [2.05, 4.69) is 16.0 Å². The summed E-state index contributed by atoms with van der Waals surface area (Å²) in [6.45, 7) is 0. The zero-order valence-corrected chi connectivity index (χ0v) is 5.27. The fraction of sp³-hybridized carbons (Fsp3) is 0. The normalized spacial score (nSPS) is 1.33. The second kappa shape index (κ2) is 27.9. The predicted molar refractivity (Wildman–Crippen MR) is 12.8 cm³/mol. The molecular formula is CHFeMnNNaNi. The summed E-state index contributed by atoms with van der Waals surface area (Å²) in [6.07, 6.45) is 0. The van der Waals surface area contributed by atoms with E-state index in [1.165, 1.54) is 4.97 Å². The monoisotopic (exact) mass is 219 g/mol. The van der Waals surface area contributed by atoms with Gasteiger partial charge in [-0.1, -0.05) is 0 Å². The van der Waals surface area contributed by atoms with Crippen molar-refractivity contribution in [3.63, 3.8) is 0 Å². The number of nitrogens with zero attached hydrogens (tertiary/aromatic N) is 1. The molecule has 0 unspecified atom stereocenters. The van der Waals surface area contributed by atoms with E-state index in [9.17, 15) is 0 Å². The average molecular weight is 219 g/mol. The van der Waals surface area contributed by atoms with E-state index >= 15 is 0 Å². The van der Waals surface area contributed by atoms with Gasteiger partial charge in [0.15, 0.2) is 0 Å². The van der Waals surface area contributed by atoms with Crippen LogP contribution in [0.1, 0.15) is 0 Å². The molecule has 0 atom stereocenters. The van der Waals surface area contributed by atoms with E-state index < -0.39 is 0 Å². The Balaban J connectivity index is -0.00000000667. The van der Waals surface area contributed by atoms with E-state index in [0.717, 1.165) is 0 Å². The molecule has 0 aliphatic heterocycles. The molecule has 0 aliphatic carbocycles. The maximum Gasteiger partial charge on any atom is 0 e. The molecule has 0 bridgehead atoms. The molecule has 0 saturated carbocycles. The van der Waals surface area contributed by atoms with Crippen molar-refractivity contribution in [2.45, 2.75) is 0 Å². The Bertz CT molecular complexity index is 37.0. The van der Waals surface area contributed by atoms with Crippen molar-refractivity contribution in [3.05, 3.63) is 0 Å². The van der Waals surface area contributed by atoms with Crippen molar-refractivity contribution < 1.29 is 49.6 Å². The molecule has 6 heavy (non-hydrogen) atoms. The fourth-order valence-electron chi connectivity index (χ4n) is 0. The standard InChI is InChI=1S/CN.Fe.Mn.Na.Ni.H/c1-2;;;;;. The van der Waals surface area contributed by atoms with Crippen LogP contribution in [-0.4, -0.2) is 29.6 Å². The molecule has 0 aliphatic rings. The maximum atomic E-state index is 7.21. The molecule has 1 radical (unpaired) electrons. The van der Waals surface area contributed by atoms with E-state index in [-0.39, 0.29) is 63.1 Å². The molecule has 0 rings (SSSR count). The van der Waals surface area contributed by atoms with Crippen molar-refractivity contribution in [2.75, 3.05) is 0 Å². The van der Waals surface area contributed by atoms with Crippen molar-refractivity contribution in [3.8, 4) is 4.97 Å². The Hall–Kier alpha value is 2.02. The molecule has 5 heteroatoms. The van der Waals surface area contributed by atoms with Crippen LogP contribution >= 0.6 is 0 Å². The van der Waals surface area contributed by atoms with Gasteiger partial charge in [0.25, 0.3) is 0 Å². The third-order valence-electron chi connectivity index (χ3n) is 0. The first-order valence-corrected chi connectivity index (χ1v) is 0.952. The van der Waals surface area contributed by atoms with Crippen LogP contribution in [0.5, 0.6) is 0 Å². The van der Waals surface area contributed by atoms with Gasteiger partial charge in [0.1, 0.15) is 0 Å². The van der Waals surface area contributed by atoms with Gasteiger partial charge < -0.3 is 0 Å². The SMILES string of the molecule is N#[C][Fe].[Mn].[NaH].[Ni]. The Labute approximate surface area is 88.1 Å². The van der Waals surface area contributed by atoms with Crippen molar-refractivity contribution in [1.29, 1.82) is 5.26 Å². The van der Waals surface area contributed by atoms with Crippen molar-refractivity contribution in [1.82, 2.24) is 0 Å². The van der Waals surface area contributed by atoms with Crippen LogP contribution in [0.4, 0.5) is 0 Å². The molecule has 0 aromatic heterocycles. The summed E-state index contributed by atoms with van der Waals surface area (Å²) in [5.74, 6) is 0. The largest absolute Gasteiger partial charge is 0 e. The molecule has 36 valence electrons. The minimum absolute atomic E-state index is 0. The number of nitriles is 1. The molecular weight excluding hydrogens is 218 g/mol. The molecule has 0 aromatic carbocycles. The van der Waals surface area contributed by atoms with Gasteiger partial charge >= 0.3 is 55.8 Å². The Morgan fingerprint density at radius 2 is 1.50 bits per heavy atom. The minimum Gasteiger partial charge on any atom is 0 e. The average Bonchev–Trinajstić information content (AvgIpc) is 0.918. The summed E-state index contributed by atoms with van der Waals surface area (Å²) >= 11 is 2.79. The predicted octanol–water partition coefficient (Wildman–Crippen LogP) is -0.639. The fourth-order valence-corrected chi connectivity index (χ4v) is 0. The summed E-state index contributed by atoms with van der Waals surface area (Å²) in [7, 11) is 0. The molecule has 0 amide bonds. The summed E-state index contributed by atoms with van der Waals surface area (Å²) in [5, 5.41) is 7.21. The first-order chi connectivity index (χ1) is 1.41. The third-order valence-corrected chi connectivity index (χ3v) is 0. The summed E-state index contributed by atoms with van der Waals surface area (Å²) in [6, 6.07) is 0. The smallest absolute Gasteiger partial charge is 0 e. The van der Waals surface area contributed by atoms with Gasteiger partial charge in [-0.15, -0.1) is 0 Å². The van der Waals surface area contributed by atoms with Gasteiger partial charge in [-0.3, -0.25) is 0 Å². The third kappa shape index (κ3) is 37.1. The van der Waals surface area contributed by atoms with Crippen LogP contribution in [-0.2, 0) is 49.6 Å². The first kappa shape index (κ1) is 24.5. The number of hydrogen-bond donors (Lipinski definition) is 0. The topological polar surface area (TPSA) is 23.8 Å². The minimum atomic E-state index is 0. The molecule has 0 heterocycles. The molecule has 1 nitrogen and oxygen atoms in total. The Morgan fingerprint density at radius 1 is 1.50 bits per heavy atom. The van der Waals surface area contributed by atoms with Gasteiger partial charge in [-0.2, -0.15) is 0 Å². The van der Waals surface area contributed by atoms with Gasteiger partial charge in [-0.25, -0.2) is 0 Å². The van der Waals surface area contributed by atoms with Gasteiger partial charge in [0.05, 0.1) is 0 Å². The molecule has 0 N–H and O–H groups in total. The van der Waals surface area contributed by atoms with Crippen LogP contribution < -0.4 is 0 Å². The van der Waals surface area contributed by atoms with Gasteiger partial charge in [0.2, 0.25) is 0 Å². The molecule has 0 fully saturated rings. The van der Waals surface area contributed by atoms with E-state index in [4.69, 9.17) is 5.26 Å². The summed E-state index contributed by atoms with van der Waals surface area (Å²) in [4.78, 5) is 1.50.